The molecule has 1 aliphatic rings. The van der Waals surface area contributed by atoms with E-state index in [2.05, 4.69) is 16.7 Å². The molecule has 0 saturated carbocycles. The van der Waals surface area contributed by atoms with Crippen LogP contribution in [0.3, 0.4) is 0 Å². The molecule has 0 bridgehead atoms. The molecule has 2 rings (SSSR count). The highest BCUT2D eigenvalue weighted by atomic mass is 35.5. The molecule has 8 heteroatoms. The van der Waals surface area contributed by atoms with Crippen LogP contribution in [0.4, 0.5) is 10.5 Å². The molecule has 3 N–H and O–H groups in total. The lowest BCUT2D eigenvalue weighted by Crippen LogP contribution is -2.37. The van der Waals surface area contributed by atoms with Crippen molar-refractivity contribution in [2.24, 2.45) is 0 Å². The molecule has 0 spiro atoms. The first-order valence-electron chi connectivity index (χ1n) is 7.95. The third kappa shape index (κ3) is 3.93. The zero-order valence-electron chi connectivity index (χ0n) is 14.7. The van der Waals surface area contributed by atoms with Crippen molar-refractivity contribution in [3.8, 4) is 5.75 Å². The molecule has 138 valence electrons. The van der Waals surface area contributed by atoms with Crippen molar-refractivity contribution in [2.45, 2.75) is 56.2 Å². The summed E-state index contributed by atoms with van der Waals surface area (Å²) in [5.41, 5.74) is 1.07. The monoisotopic (exact) mass is 386 g/mol. The number of allylic oxidation sites excluding steroid dienone is 1. The topological polar surface area (TPSA) is 95.5 Å². The number of hydrogen-bond acceptors (Lipinski definition) is 4. The molecule has 0 fully saturated rings. The SMILES string of the molecule is CC1=CCC[C@H]1NC(=O)Nc1ccc(Cl)c(S(=O)(=O)C(C)(C)C)c1O. The lowest BCUT2D eigenvalue weighted by atomic mass is 10.2. The van der Waals surface area contributed by atoms with Gasteiger partial charge in [0.05, 0.1) is 21.5 Å². The fraction of sp³-hybridized carbons (Fsp3) is 0.471. The molecule has 0 aromatic heterocycles. The third-order valence-corrected chi connectivity index (χ3v) is 7.17. The van der Waals surface area contributed by atoms with Gasteiger partial charge in [0.2, 0.25) is 0 Å². The fourth-order valence-corrected chi connectivity index (χ4v) is 4.32. The van der Waals surface area contributed by atoms with Crippen LogP contribution in [-0.2, 0) is 9.84 Å². The minimum Gasteiger partial charge on any atom is -0.504 e. The summed E-state index contributed by atoms with van der Waals surface area (Å²) in [5.74, 6) is -0.559. The van der Waals surface area contributed by atoms with Crippen LogP contribution in [0.25, 0.3) is 0 Å². The summed E-state index contributed by atoms with van der Waals surface area (Å²) >= 11 is 6.01. The summed E-state index contributed by atoms with van der Waals surface area (Å²) in [5, 5.41) is 15.6. The van der Waals surface area contributed by atoms with Crippen molar-refractivity contribution >= 4 is 33.2 Å². The van der Waals surface area contributed by atoms with E-state index in [0.29, 0.717) is 0 Å². The fourth-order valence-electron chi connectivity index (χ4n) is 2.56. The maximum atomic E-state index is 12.7. The van der Waals surface area contributed by atoms with E-state index in [4.69, 9.17) is 11.6 Å². The lowest BCUT2D eigenvalue weighted by Gasteiger charge is -2.22. The second-order valence-corrected chi connectivity index (χ2v) is 10.1. The Hall–Kier alpha value is -1.73. The molecule has 6 nitrogen and oxygen atoms in total. The van der Waals surface area contributed by atoms with E-state index in [1.54, 1.807) is 0 Å². The number of phenolic OH excluding ortho intramolecular Hbond substituents is 1. The Morgan fingerprint density at radius 2 is 1.96 bits per heavy atom. The zero-order chi connectivity index (χ0) is 19.0. The Morgan fingerprint density at radius 3 is 2.48 bits per heavy atom. The average molecular weight is 387 g/mol. The average Bonchev–Trinajstić information content (AvgIpc) is 2.86. The van der Waals surface area contributed by atoms with Gasteiger partial charge in [-0.15, -0.1) is 0 Å². The number of phenols is 1. The van der Waals surface area contributed by atoms with Crippen LogP contribution < -0.4 is 10.6 Å². The predicted octanol–water partition coefficient (Wildman–Crippen LogP) is 3.85. The lowest BCUT2D eigenvalue weighted by molar-refractivity contribution is 0.249. The second-order valence-electron chi connectivity index (χ2n) is 7.07. The maximum Gasteiger partial charge on any atom is 0.319 e. The van der Waals surface area contributed by atoms with Gasteiger partial charge in [-0.25, -0.2) is 13.2 Å². The van der Waals surface area contributed by atoms with Gasteiger partial charge in [0.25, 0.3) is 0 Å². The van der Waals surface area contributed by atoms with E-state index in [1.165, 1.54) is 32.9 Å². The predicted molar refractivity (Wildman–Crippen MR) is 99.0 cm³/mol. The van der Waals surface area contributed by atoms with E-state index >= 15 is 0 Å². The number of nitrogens with one attached hydrogen (secondary N) is 2. The standard InChI is InChI=1S/C17H23ClN2O4S/c1-10-6-5-7-12(10)19-16(22)20-13-9-8-11(18)15(14(13)21)25(23,24)17(2,3)4/h6,8-9,12,21H,5,7H2,1-4H3,(H2,19,20,22)/t12-/m1/s1. The molecule has 2 amide bonds. The molecule has 0 unspecified atom stereocenters. The van der Waals surface area contributed by atoms with Crippen molar-refractivity contribution in [3.05, 3.63) is 28.8 Å². The number of carbonyl (C=O) groups excluding carboxylic acids is 1. The smallest absolute Gasteiger partial charge is 0.319 e. The van der Waals surface area contributed by atoms with Gasteiger partial charge in [-0.05, 0) is 52.7 Å². The van der Waals surface area contributed by atoms with Crippen LogP contribution in [0.5, 0.6) is 5.75 Å². The Labute approximate surface area is 153 Å². The quantitative estimate of drug-likeness (QED) is 0.543. The minimum atomic E-state index is -3.89. The highest BCUT2D eigenvalue weighted by Gasteiger charge is 2.36. The third-order valence-electron chi connectivity index (χ3n) is 4.18. The van der Waals surface area contributed by atoms with E-state index in [1.807, 2.05) is 6.92 Å². The van der Waals surface area contributed by atoms with E-state index in [-0.39, 0.29) is 21.6 Å². The molecular formula is C17H23ClN2O4S. The summed E-state index contributed by atoms with van der Waals surface area (Å²) in [6, 6.07) is 2.13. The van der Waals surface area contributed by atoms with E-state index < -0.39 is 26.4 Å². The summed E-state index contributed by atoms with van der Waals surface area (Å²) in [4.78, 5) is 11.8. The van der Waals surface area contributed by atoms with Gasteiger partial charge >= 0.3 is 6.03 Å². The maximum absolute atomic E-state index is 12.7. The summed E-state index contributed by atoms with van der Waals surface area (Å²) in [6.45, 7) is 6.48. The highest BCUT2D eigenvalue weighted by Crippen LogP contribution is 2.41. The van der Waals surface area contributed by atoms with Crippen molar-refractivity contribution in [1.29, 1.82) is 0 Å². The van der Waals surface area contributed by atoms with E-state index in [0.717, 1.165) is 18.4 Å². The van der Waals surface area contributed by atoms with Crippen LogP contribution >= 0.6 is 11.6 Å². The Bertz CT molecular complexity index is 826. The molecule has 0 radical (unpaired) electrons. The molecule has 0 heterocycles. The van der Waals surface area contributed by atoms with Gasteiger partial charge in [-0.2, -0.15) is 0 Å². The summed E-state index contributed by atoms with van der Waals surface area (Å²) in [7, 11) is -3.89. The number of carbonyl (C=O) groups is 1. The number of amides is 2. The van der Waals surface area contributed by atoms with Gasteiger partial charge in [-0.1, -0.05) is 23.3 Å². The second kappa shape index (κ2) is 6.88. The van der Waals surface area contributed by atoms with Crippen molar-refractivity contribution in [3.63, 3.8) is 0 Å². The van der Waals surface area contributed by atoms with Crippen molar-refractivity contribution in [2.75, 3.05) is 5.32 Å². The Kier molecular flexibility index (Phi) is 5.39. The summed E-state index contributed by atoms with van der Waals surface area (Å²) in [6.07, 6.45) is 3.77. The van der Waals surface area contributed by atoms with Crippen LogP contribution in [0.15, 0.2) is 28.7 Å². The number of benzene rings is 1. The summed E-state index contributed by atoms with van der Waals surface area (Å²) < 4.78 is 24.2. The highest BCUT2D eigenvalue weighted by molar-refractivity contribution is 7.93. The number of urea groups is 1. The van der Waals surface area contributed by atoms with Gasteiger partial charge in [0.1, 0.15) is 4.90 Å². The molecule has 0 saturated heterocycles. The Balaban J connectivity index is 2.30. The Morgan fingerprint density at radius 1 is 1.32 bits per heavy atom. The molecule has 1 aliphatic carbocycles. The van der Waals surface area contributed by atoms with Gasteiger partial charge < -0.3 is 15.7 Å². The van der Waals surface area contributed by atoms with E-state index in [9.17, 15) is 18.3 Å². The first-order chi connectivity index (χ1) is 11.4. The molecule has 1 atom stereocenters. The van der Waals surface area contributed by atoms with Gasteiger partial charge in [0, 0.05) is 0 Å². The first-order valence-corrected chi connectivity index (χ1v) is 9.81. The van der Waals surface area contributed by atoms with Crippen LogP contribution in [0.1, 0.15) is 40.5 Å². The van der Waals surface area contributed by atoms with Crippen molar-refractivity contribution in [1.82, 2.24) is 5.32 Å². The minimum absolute atomic E-state index is 0.00986. The molecule has 25 heavy (non-hydrogen) atoms. The molecular weight excluding hydrogens is 364 g/mol. The largest absolute Gasteiger partial charge is 0.504 e. The zero-order valence-corrected chi connectivity index (χ0v) is 16.3. The first kappa shape index (κ1) is 19.6. The van der Waals surface area contributed by atoms with Crippen LogP contribution in [0, 0.1) is 0 Å². The number of halogens is 1. The van der Waals surface area contributed by atoms with Crippen molar-refractivity contribution < 1.29 is 18.3 Å². The molecule has 1 aromatic rings. The number of aromatic hydroxyl groups is 1. The van der Waals surface area contributed by atoms with Gasteiger partial charge in [-0.3, -0.25) is 0 Å². The molecule has 1 aromatic carbocycles. The van der Waals surface area contributed by atoms with Crippen LogP contribution in [0.2, 0.25) is 5.02 Å². The number of anilines is 1. The molecule has 0 aliphatic heterocycles. The van der Waals surface area contributed by atoms with Crippen LogP contribution in [-0.4, -0.2) is 30.3 Å². The number of hydrogen-bond donors (Lipinski definition) is 3. The number of sulfone groups is 1. The van der Waals surface area contributed by atoms with Gasteiger partial charge in [0.15, 0.2) is 15.6 Å². The number of rotatable bonds is 3. The normalized spacial score (nSPS) is 18.0.